The number of hydrogen-bond acceptors (Lipinski definition) is 1. The van der Waals surface area contributed by atoms with Crippen LogP contribution in [0.4, 0.5) is 0 Å². The van der Waals surface area contributed by atoms with Crippen LogP contribution in [0.25, 0.3) is 0 Å². The molecule has 1 nitrogen and oxygen atoms in total. The van der Waals surface area contributed by atoms with E-state index in [2.05, 4.69) is 22.6 Å². The van der Waals surface area contributed by atoms with E-state index < -0.39 is 0 Å². The predicted molar refractivity (Wildman–Crippen MR) is 78.0 cm³/mol. The van der Waals surface area contributed by atoms with E-state index in [1.54, 1.807) is 0 Å². The van der Waals surface area contributed by atoms with Crippen molar-refractivity contribution in [2.24, 2.45) is 0 Å². The van der Waals surface area contributed by atoms with Crippen LogP contribution in [0.15, 0.2) is 64.2 Å². The number of allylic oxidation sites excluding steroid dienone is 1. The monoisotopic (exact) mass is 334 g/mol. The van der Waals surface area contributed by atoms with Gasteiger partial charge in [-0.3, -0.25) is 0 Å². The molecular formula is C15H11IO. The maximum Gasteiger partial charge on any atom is 0.135 e. The van der Waals surface area contributed by atoms with Gasteiger partial charge >= 0.3 is 0 Å². The first kappa shape index (κ1) is 12.1. The van der Waals surface area contributed by atoms with Crippen molar-refractivity contribution in [3.05, 3.63) is 75.4 Å². The second kappa shape index (κ2) is 5.80. The van der Waals surface area contributed by atoms with Crippen molar-refractivity contribution >= 4 is 28.5 Å². The lowest BCUT2D eigenvalue weighted by molar-refractivity contribution is 0.567. The van der Waals surface area contributed by atoms with Gasteiger partial charge in [0.05, 0.1) is 9.50 Å². The molecule has 0 unspecified atom stereocenters. The number of benzene rings is 2. The molecule has 0 aliphatic rings. The van der Waals surface area contributed by atoms with Crippen molar-refractivity contribution < 1.29 is 4.79 Å². The highest BCUT2D eigenvalue weighted by molar-refractivity contribution is 14.1. The maximum atomic E-state index is 10.9. The van der Waals surface area contributed by atoms with E-state index >= 15 is 0 Å². The molecule has 2 aromatic rings. The molecule has 84 valence electrons. The minimum Gasteiger partial charge on any atom is -0.233 e. The lowest BCUT2D eigenvalue weighted by atomic mass is 9.91. The lowest BCUT2D eigenvalue weighted by Gasteiger charge is -2.15. The van der Waals surface area contributed by atoms with Crippen LogP contribution >= 0.6 is 22.6 Å². The molecule has 0 aliphatic carbocycles. The minimum atomic E-state index is -0.00417. The molecule has 0 radical (unpaired) electrons. The molecule has 0 fully saturated rings. The molecular weight excluding hydrogens is 323 g/mol. The van der Waals surface area contributed by atoms with Crippen molar-refractivity contribution in [2.45, 2.75) is 5.92 Å². The Morgan fingerprint density at radius 2 is 1.29 bits per heavy atom. The minimum absolute atomic E-state index is 0.00417. The van der Waals surface area contributed by atoms with E-state index in [1.807, 2.05) is 66.6 Å². The van der Waals surface area contributed by atoms with Crippen molar-refractivity contribution in [3.63, 3.8) is 0 Å². The second-order valence-corrected chi connectivity index (χ2v) is 4.87. The van der Waals surface area contributed by atoms with Gasteiger partial charge in [-0.1, -0.05) is 60.7 Å². The van der Waals surface area contributed by atoms with Crippen molar-refractivity contribution in [2.75, 3.05) is 0 Å². The third-order valence-electron chi connectivity index (χ3n) is 2.62. The Labute approximate surface area is 114 Å². The summed E-state index contributed by atoms with van der Waals surface area (Å²) in [5.41, 5.74) is 2.23. The lowest BCUT2D eigenvalue weighted by Crippen LogP contribution is -2.01. The Morgan fingerprint density at radius 1 is 0.882 bits per heavy atom. The normalized spacial score (nSPS) is 10.0. The molecule has 0 aromatic heterocycles. The molecule has 2 heteroatoms. The number of carbonyl (C=O) groups excluding carboxylic acids is 1. The summed E-state index contributed by atoms with van der Waals surface area (Å²) in [4.78, 5) is 10.9. The van der Waals surface area contributed by atoms with Crippen LogP contribution in [0.5, 0.6) is 0 Å². The van der Waals surface area contributed by atoms with Gasteiger partial charge < -0.3 is 0 Å². The van der Waals surface area contributed by atoms with Crippen molar-refractivity contribution in [3.8, 4) is 0 Å². The summed E-state index contributed by atoms with van der Waals surface area (Å²) in [6.45, 7) is 0. The molecule has 2 aromatic carbocycles. The molecule has 17 heavy (non-hydrogen) atoms. The van der Waals surface area contributed by atoms with Gasteiger partial charge in [0.2, 0.25) is 0 Å². The molecule has 0 atom stereocenters. The smallest absolute Gasteiger partial charge is 0.135 e. The Bertz CT molecular complexity index is 488. The Hall–Kier alpha value is -1.38. The first-order valence-corrected chi connectivity index (χ1v) is 6.41. The molecule has 2 rings (SSSR count). The molecule has 0 saturated carbocycles. The molecule has 0 bridgehead atoms. The van der Waals surface area contributed by atoms with Crippen molar-refractivity contribution in [1.82, 2.24) is 0 Å². The zero-order chi connectivity index (χ0) is 12.1. The van der Waals surface area contributed by atoms with Crippen LogP contribution in [0.3, 0.4) is 0 Å². The van der Waals surface area contributed by atoms with E-state index in [0.29, 0.717) is 3.58 Å². The fourth-order valence-corrected chi connectivity index (χ4v) is 2.55. The summed E-state index contributed by atoms with van der Waals surface area (Å²) in [6.07, 6.45) is 0. The average Bonchev–Trinajstić information content (AvgIpc) is 2.41. The van der Waals surface area contributed by atoms with Gasteiger partial charge in [-0.15, -0.1) is 0 Å². The van der Waals surface area contributed by atoms with Crippen molar-refractivity contribution in [1.29, 1.82) is 0 Å². The van der Waals surface area contributed by atoms with E-state index in [9.17, 15) is 4.79 Å². The van der Waals surface area contributed by atoms with Crippen LogP contribution < -0.4 is 0 Å². The van der Waals surface area contributed by atoms with E-state index in [0.717, 1.165) is 11.1 Å². The molecule has 0 amide bonds. The van der Waals surface area contributed by atoms with Gasteiger partial charge in [0.15, 0.2) is 0 Å². The van der Waals surface area contributed by atoms with Crippen LogP contribution in [0.2, 0.25) is 0 Å². The van der Waals surface area contributed by atoms with E-state index in [4.69, 9.17) is 0 Å². The quantitative estimate of drug-likeness (QED) is 0.613. The van der Waals surface area contributed by atoms with E-state index in [-0.39, 0.29) is 5.92 Å². The number of halogens is 1. The zero-order valence-electron chi connectivity index (χ0n) is 9.14. The fraction of sp³-hybridized carbons (Fsp3) is 0.0667. The van der Waals surface area contributed by atoms with Crippen LogP contribution in [0, 0.1) is 0 Å². The van der Waals surface area contributed by atoms with Crippen LogP contribution in [-0.2, 0) is 4.79 Å². The first-order valence-electron chi connectivity index (χ1n) is 5.33. The standard InChI is InChI=1S/C15H11IO/c16-14(11-17)15(12-7-3-1-4-8-12)13-9-5-2-6-10-13/h1-10,15H. The fourth-order valence-electron chi connectivity index (χ4n) is 1.84. The Morgan fingerprint density at radius 3 is 1.65 bits per heavy atom. The van der Waals surface area contributed by atoms with Gasteiger partial charge in [0.25, 0.3) is 0 Å². The molecule has 0 N–H and O–H groups in total. The summed E-state index contributed by atoms with van der Waals surface area (Å²) in [6, 6.07) is 20.0. The van der Waals surface area contributed by atoms with Gasteiger partial charge in [0, 0.05) is 0 Å². The highest BCUT2D eigenvalue weighted by atomic mass is 127. The number of rotatable bonds is 3. The summed E-state index contributed by atoms with van der Waals surface area (Å²) in [7, 11) is 0. The summed E-state index contributed by atoms with van der Waals surface area (Å²) in [5.74, 6) is 2.01. The topological polar surface area (TPSA) is 17.1 Å². The second-order valence-electron chi connectivity index (χ2n) is 3.70. The SMILES string of the molecule is O=C=C(I)C(c1ccccc1)c1ccccc1. The average molecular weight is 334 g/mol. The van der Waals surface area contributed by atoms with E-state index in [1.165, 1.54) is 0 Å². The van der Waals surface area contributed by atoms with Gasteiger partial charge in [-0.2, -0.15) is 0 Å². The maximum absolute atomic E-state index is 10.9. The predicted octanol–water partition coefficient (Wildman–Crippen LogP) is 3.97. The van der Waals surface area contributed by atoms with Gasteiger partial charge in [0.1, 0.15) is 5.94 Å². The third-order valence-corrected chi connectivity index (χ3v) is 3.46. The van der Waals surface area contributed by atoms with Crippen LogP contribution in [-0.4, -0.2) is 5.94 Å². The Kier molecular flexibility index (Phi) is 4.13. The first-order chi connectivity index (χ1) is 8.33. The third kappa shape index (κ3) is 2.84. The van der Waals surface area contributed by atoms with Gasteiger partial charge in [-0.05, 0) is 33.7 Å². The Balaban J connectivity index is 2.51. The molecule has 0 heterocycles. The highest BCUT2D eigenvalue weighted by Crippen LogP contribution is 2.33. The summed E-state index contributed by atoms with van der Waals surface area (Å²) >= 11 is 2.07. The summed E-state index contributed by atoms with van der Waals surface area (Å²) in [5, 5.41) is 0. The largest absolute Gasteiger partial charge is 0.233 e. The van der Waals surface area contributed by atoms with Crippen LogP contribution in [0.1, 0.15) is 17.0 Å². The van der Waals surface area contributed by atoms with Gasteiger partial charge in [-0.25, -0.2) is 4.79 Å². The number of hydrogen-bond donors (Lipinski definition) is 0. The highest BCUT2D eigenvalue weighted by Gasteiger charge is 2.17. The molecule has 0 aliphatic heterocycles. The molecule has 0 spiro atoms. The summed E-state index contributed by atoms with van der Waals surface area (Å²) < 4.78 is 0.681. The molecule has 0 saturated heterocycles. The zero-order valence-corrected chi connectivity index (χ0v) is 11.3.